The number of likely N-dealkylation sites (tertiary alicyclic amines) is 1. The molecule has 1 aliphatic rings. The molecule has 0 saturated carbocycles. The van der Waals surface area contributed by atoms with Crippen molar-refractivity contribution in [3.8, 4) is 11.8 Å². The molecule has 2 aromatic rings. The summed E-state index contributed by atoms with van der Waals surface area (Å²) in [6.07, 6.45) is 2.20. The highest BCUT2D eigenvalue weighted by Crippen LogP contribution is 2.15. The topological polar surface area (TPSA) is 65.4 Å². The molecule has 0 aromatic heterocycles. The first-order valence-corrected chi connectivity index (χ1v) is 8.52. The highest BCUT2D eigenvalue weighted by molar-refractivity contribution is 5.94. The Morgan fingerprint density at radius 2 is 1.76 bits per heavy atom. The Hall–Kier alpha value is -3.00. The van der Waals surface area contributed by atoms with Crippen LogP contribution in [-0.4, -0.2) is 37.0 Å². The second-order valence-corrected chi connectivity index (χ2v) is 5.99. The summed E-state index contributed by atoms with van der Waals surface area (Å²) in [7, 11) is 0. The van der Waals surface area contributed by atoms with Crippen LogP contribution < -0.4 is 10.1 Å². The second-order valence-electron chi connectivity index (χ2n) is 5.99. The molecule has 3 rings (SSSR count). The third-order valence-electron chi connectivity index (χ3n) is 4.21. The molecule has 1 fully saturated rings. The van der Waals surface area contributed by atoms with E-state index in [-0.39, 0.29) is 5.91 Å². The van der Waals surface area contributed by atoms with Crippen molar-refractivity contribution >= 4 is 11.6 Å². The van der Waals surface area contributed by atoms with Gasteiger partial charge in [0.1, 0.15) is 12.4 Å². The van der Waals surface area contributed by atoms with Gasteiger partial charge in [-0.3, -0.25) is 4.79 Å². The first-order chi connectivity index (χ1) is 12.3. The lowest BCUT2D eigenvalue weighted by Crippen LogP contribution is -2.27. The van der Waals surface area contributed by atoms with E-state index in [4.69, 9.17) is 10.00 Å². The molecule has 0 aliphatic carbocycles. The molecule has 0 atom stereocenters. The summed E-state index contributed by atoms with van der Waals surface area (Å²) in [5, 5.41) is 12.0. The van der Waals surface area contributed by atoms with Gasteiger partial charge in [-0.2, -0.15) is 5.26 Å². The molecule has 0 radical (unpaired) electrons. The number of hydrogen-bond donors (Lipinski definition) is 1. The van der Waals surface area contributed by atoms with Crippen LogP contribution >= 0.6 is 0 Å². The molecule has 2 aromatic carbocycles. The summed E-state index contributed by atoms with van der Waals surface area (Å²) in [6, 6.07) is 16.7. The summed E-state index contributed by atoms with van der Waals surface area (Å²) >= 11 is 0. The fraction of sp³-hybridized carbons (Fsp3) is 0.300. The van der Waals surface area contributed by atoms with Crippen molar-refractivity contribution in [1.29, 1.82) is 5.26 Å². The third kappa shape index (κ3) is 4.51. The Morgan fingerprint density at radius 3 is 2.40 bits per heavy atom. The second kappa shape index (κ2) is 8.20. The SMILES string of the molecule is N#Cc1ccc(OCCNc2ccc(C(=O)N3CCCC3)cc2)cc1. The lowest BCUT2D eigenvalue weighted by molar-refractivity contribution is 0.0793. The van der Waals surface area contributed by atoms with Crippen molar-refractivity contribution in [2.75, 3.05) is 31.6 Å². The van der Waals surface area contributed by atoms with Gasteiger partial charge in [-0.05, 0) is 61.4 Å². The van der Waals surface area contributed by atoms with Crippen molar-refractivity contribution in [1.82, 2.24) is 4.90 Å². The average Bonchev–Trinajstić information content (AvgIpc) is 3.20. The number of benzene rings is 2. The summed E-state index contributed by atoms with van der Waals surface area (Å²) < 4.78 is 5.62. The van der Waals surface area contributed by atoms with Gasteiger partial charge in [-0.25, -0.2) is 0 Å². The van der Waals surface area contributed by atoms with Gasteiger partial charge in [0.25, 0.3) is 5.91 Å². The Morgan fingerprint density at radius 1 is 1.08 bits per heavy atom. The lowest BCUT2D eigenvalue weighted by Gasteiger charge is -2.15. The maximum atomic E-state index is 12.3. The molecular formula is C20H21N3O2. The molecule has 5 heteroatoms. The van der Waals surface area contributed by atoms with Crippen LogP contribution in [-0.2, 0) is 0 Å². The van der Waals surface area contributed by atoms with Crippen molar-refractivity contribution in [2.24, 2.45) is 0 Å². The fourth-order valence-electron chi connectivity index (χ4n) is 2.82. The quantitative estimate of drug-likeness (QED) is 0.823. The molecule has 1 amide bonds. The van der Waals surface area contributed by atoms with Gasteiger partial charge >= 0.3 is 0 Å². The minimum atomic E-state index is 0.119. The molecule has 0 unspecified atom stereocenters. The minimum absolute atomic E-state index is 0.119. The maximum Gasteiger partial charge on any atom is 0.253 e. The molecular weight excluding hydrogens is 314 g/mol. The predicted octanol–water partition coefficient (Wildman–Crippen LogP) is 3.29. The molecule has 1 heterocycles. The zero-order valence-electron chi connectivity index (χ0n) is 14.1. The van der Waals surface area contributed by atoms with Crippen molar-refractivity contribution in [3.05, 3.63) is 59.7 Å². The van der Waals surface area contributed by atoms with Crippen molar-refractivity contribution in [2.45, 2.75) is 12.8 Å². The number of carbonyl (C=O) groups excluding carboxylic acids is 1. The van der Waals surface area contributed by atoms with Gasteiger partial charge < -0.3 is 15.0 Å². The summed E-state index contributed by atoms with van der Waals surface area (Å²) in [5.41, 5.74) is 2.32. The van der Waals surface area contributed by atoms with Crippen molar-refractivity contribution in [3.63, 3.8) is 0 Å². The molecule has 1 aliphatic heterocycles. The van der Waals surface area contributed by atoms with E-state index in [0.717, 1.165) is 42.9 Å². The largest absolute Gasteiger partial charge is 0.492 e. The van der Waals surface area contributed by atoms with Gasteiger partial charge in [0.05, 0.1) is 11.6 Å². The average molecular weight is 335 g/mol. The van der Waals surface area contributed by atoms with Crippen LogP contribution in [0.25, 0.3) is 0 Å². The molecule has 25 heavy (non-hydrogen) atoms. The smallest absolute Gasteiger partial charge is 0.253 e. The van der Waals surface area contributed by atoms with Crippen LogP contribution in [0.3, 0.4) is 0 Å². The van der Waals surface area contributed by atoms with E-state index in [1.807, 2.05) is 29.2 Å². The molecule has 0 bridgehead atoms. The Bertz CT molecular complexity index is 742. The summed E-state index contributed by atoms with van der Waals surface area (Å²) in [6.45, 7) is 2.90. The number of nitrogens with one attached hydrogen (secondary N) is 1. The van der Waals surface area contributed by atoms with Gasteiger partial charge in [0, 0.05) is 30.9 Å². The number of amides is 1. The molecule has 128 valence electrons. The molecule has 0 spiro atoms. The highest BCUT2D eigenvalue weighted by atomic mass is 16.5. The normalized spacial score (nSPS) is 13.3. The number of hydrogen-bond acceptors (Lipinski definition) is 4. The van der Waals surface area contributed by atoms with E-state index >= 15 is 0 Å². The number of nitriles is 1. The highest BCUT2D eigenvalue weighted by Gasteiger charge is 2.18. The minimum Gasteiger partial charge on any atom is -0.492 e. The van der Waals surface area contributed by atoms with Crippen LogP contribution in [0, 0.1) is 11.3 Å². The van der Waals surface area contributed by atoms with E-state index < -0.39 is 0 Å². The van der Waals surface area contributed by atoms with E-state index in [9.17, 15) is 4.79 Å². The number of carbonyl (C=O) groups is 1. The number of anilines is 1. The van der Waals surface area contributed by atoms with Crippen LogP contribution in [0.2, 0.25) is 0 Å². The van der Waals surface area contributed by atoms with E-state index in [2.05, 4.69) is 11.4 Å². The molecule has 1 N–H and O–H groups in total. The first kappa shape index (κ1) is 16.8. The Kier molecular flexibility index (Phi) is 5.53. The van der Waals surface area contributed by atoms with Crippen LogP contribution in [0.4, 0.5) is 5.69 Å². The zero-order chi connectivity index (χ0) is 17.5. The van der Waals surface area contributed by atoms with Gasteiger partial charge in [0.15, 0.2) is 0 Å². The predicted molar refractivity (Wildman–Crippen MR) is 96.7 cm³/mol. The Balaban J connectivity index is 1.43. The van der Waals surface area contributed by atoms with Gasteiger partial charge in [0.2, 0.25) is 0 Å². The standard InChI is InChI=1S/C20H21N3O2/c21-15-16-3-9-19(10-4-16)25-14-11-22-18-7-5-17(6-8-18)20(24)23-12-1-2-13-23/h3-10,22H,1-2,11-14H2. The summed E-state index contributed by atoms with van der Waals surface area (Å²) in [4.78, 5) is 14.2. The first-order valence-electron chi connectivity index (χ1n) is 8.52. The number of rotatable bonds is 6. The van der Waals surface area contributed by atoms with E-state index in [0.29, 0.717) is 18.7 Å². The number of nitrogens with zero attached hydrogens (tertiary/aromatic N) is 2. The lowest BCUT2D eigenvalue weighted by atomic mass is 10.2. The van der Waals surface area contributed by atoms with Crippen LogP contribution in [0.5, 0.6) is 5.75 Å². The fourth-order valence-corrected chi connectivity index (χ4v) is 2.82. The van der Waals surface area contributed by atoms with Crippen LogP contribution in [0.1, 0.15) is 28.8 Å². The molecule has 5 nitrogen and oxygen atoms in total. The summed E-state index contributed by atoms with van der Waals surface area (Å²) in [5.74, 6) is 0.862. The maximum absolute atomic E-state index is 12.3. The van der Waals surface area contributed by atoms with Gasteiger partial charge in [-0.1, -0.05) is 0 Å². The van der Waals surface area contributed by atoms with Crippen LogP contribution in [0.15, 0.2) is 48.5 Å². The zero-order valence-corrected chi connectivity index (χ0v) is 14.1. The monoisotopic (exact) mass is 335 g/mol. The number of ether oxygens (including phenoxy) is 1. The molecule has 1 saturated heterocycles. The van der Waals surface area contributed by atoms with Crippen molar-refractivity contribution < 1.29 is 9.53 Å². The third-order valence-corrected chi connectivity index (χ3v) is 4.21. The Labute approximate surface area is 147 Å². The van der Waals surface area contributed by atoms with Gasteiger partial charge in [-0.15, -0.1) is 0 Å². The van der Waals surface area contributed by atoms with E-state index in [1.54, 1.807) is 24.3 Å². The van der Waals surface area contributed by atoms with E-state index in [1.165, 1.54) is 0 Å².